The van der Waals surface area contributed by atoms with E-state index in [0.717, 1.165) is 38.0 Å². The summed E-state index contributed by atoms with van der Waals surface area (Å²) in [7, 11) is 4.02. The summed E-state index contributed by atoms with van der Waals surface area (Å²) in [5.74, 6) is 0.205. The number of amides is 2. The molecule has 162 valence electrons. The zero-order valence-electron chi connectivity index (χ0n) is 18.0. The highest BCUT2D eigenvalue weighted by Gasteiger charge is 2.25. The van der Waals surface area contributed by atoms with E-state index in [4.69, 9.17) is 4.74 Å². The fourth-order valence-electron chi connectivity index (χ4n) is 3.87. The first kappa shape index (κ1) is 22.1. The molecule has 2 N–H and O–H groups in total. The van der Waals surface area contributed by atoms with Gasteiger partial charge in [-0.15, -0.1) is 0 Å². The van der Waals surface area contributed by atoms with Gasteiger partial charge in [0.25, 0.3) is 0 Å². The lowest BCUT2D eigenvalue weighted by Gasteiger charge is -2.30. The lowest BCUT2D eigenvalue weighted by molar-refractivity contribution is 0.0784. The van der Waals surface area contributed by atoms with Crippen molar-refractivity contribution in [3.63, 3.8) is 0 Å². The van der Waals surface area contributed by atoms with Crippen molar-refractivity contribution in [2.75, 3.05) is 33.8 Å². The van der Waals surface area contributed by atoms with Crippen LogP contribution in [-0.2, 0) is 17.7 Å². The molecule has 30 heavy (non-hydrogen) atoms. The second kappa shape index (κ2) is 11.0. The highest BCUT2D eigenvalue weighted by molar-refractivity contribution is 5.74. The second-order valence-electron chi connectivity index (χ2n) is 8.24. The third-order valence-electron chi connectivity index (χ3n) is 5.33. The first-order valence-electron chi connectivity index (χ1n) is 10.6. The number of benzene rings is 2. The molecular formula is C24H33N3O3. The summed E-state index contributed by atoms with van der Waals surface area (Å²) in [5, 5.41) is 13.4. The highest BCUT2D eigenvalue weighted by atomic mass is 16.5. The largest absolute Gasteiger partial charge is 0.508 e. The predicted molar refractivity (Wildman–Crippen MR) is 119 cm³/mol. The Morgan fingerprint density at radius 3 is 2.57 bits per heavy atom. The average molecular weight is 412 g/mol. The number of aromatic hydroxyl groups is 1. The number of para-hydroxylation sites is 1. The standard InChI is InChI=1S/C24H33N3O3/c1-26(2)17-21(15-19-9-4-3-5-10-19)25-24(29)27(18-22-12-8-14-30-22)16-20-11-6-7-13-23(20)28/h3-7,9-11,13,21-22,28H,8,12,14-18H2,1-2H3,(H,25,29). The van der Waals surface area contributed by atoms with Gasteiger partial charge in [0.1, 0.15) is 5.75 Å². The van der Waals surface area contributed by atoms with Gasteiger partial charge in [-0.05, 0) is 45.0 Å². The van der Waals surface area contributed by atoms with Crippen LogP contribution in [0.4, 0.5) is 4.79 Å². The number of ether oxygens (including phenoxy) is 1. The molecule has 6 heteroatoms. The molecule has 2 aromatic carbocycles. The molecule has 0 radical (unpaired) electrons. The summed E-state index contributed by atoms with van der Waals surface area (Å²) in [5.41, 5.74) is 1.92. The monoisotopic (exact) mass is 411 g/mol. The third-order valence-corrected chi connectivity index (χ3v) is 5.33. The van der Waals surface area contributed by atoms with E-state index in [2.05, 4.69) is 22.3 Å². The number of hydrogen-bond donors (Lipinski definition) is 2. The van der Waals surface area contributed by atoms with Crippen LogP contribution in [0.3, 0.4) is 0 Å². The molecule has 1 saturated heterocycles. The first-order valence-corrected chi connectivity index (χ1v) is 10.6. The number of hydrogen-bond acceptors (Lipinski definition) is 4. The second-order valence-corrected chi connectivity index (χ2v) is 8.24. The fraction of sp³-hybridized carbons (Fsp3) is 0.458. The molecule has 0 aromatic heterocycles. The summed E-state index contributed by atoms with van der Waals surface area (Å²) < 4.78 is 5.77. The van der Waals surface area contributed by atoms with Gasteiger partial charge in [-0.25, -0.2) is 4.79 Å². The van der Waals surface area contributed by atoms with Gasteiger partial charge in [0.2, 0.25) is 0 Å². The summed E-state index contributed by atoms with van der Waals surface area (Å²) in [6, 6.07) is 17.2. The molecule has 2 aromatic rings. The summed E-state index contributed by atoms with van der Waals surface area (Å²) >= 11 is 0. The van der Waals surface area contributed by atoms with E-state index in [1.165, 1.54) is 5.56 Å². The SMILES string of the molecule is CN(C)CC(Cc1ccccc1)NC(=O)N(Cc1ccccc1O)CC1CCCO1. The van der Waals surface area contributed by atoms with Crippen LogP contribution in [-0.4, -0.2) is 66.9 Å². The molecule has 1 aliphatic rings. The molecule has 2 amide bonds. The van der Waals surface area contributed by atoms with E-state index >= 15 is 0 Å². The van der Waals surface area contributed by atoms with Gasteiger partial charge in [0.05, 0.1) is 12.6 Å². The lowest BCUT2D eigenvalue weighted by Crippen LogP contribution is -2.50. The van der Waals surface area contributed by atoms with Crippen molar-refractivity contribution < 1.29 is 14.6 Å². The van der Waals surface area contributed by atoms with E-state index in [1.54, 1.807) is 17.0 Å². The minimum atomic E-state index is -0.128. The Morgan fingerprint density at radius 2 is 1.90 bits per heavy atom. The van der Waals surface area contributed by atoms with Crippen LogP contribution in [0.25, 0.3) is 0 Å². The summed E-state index contributed by atoms with van der Waals surface area (Å²) in [6.45, 7) is 2.34. The van der Waals surface area contributed by atoms with Gasteiger partial charge < -0.3 is 25.0 Å². The Bertz CT molecular complexity index is 791. The summed E-state index contributed by atoms with van der Waals surface area (Å²) in [4.78, 5) is 17.1. The zero-order chi connectivity index (χ0) is 21.3. The average Bonchev–Trinajstić information content (AvgIpc) is 3.22. The first-order chi connectivity index (χ1) is 14.5. The van der Waals surface area contributed by atoms with Crippen molar-refractivity contribution in [3.05, 3.63) is 65.7 Å². The van der Waals surface area contributed by atoms with Crippen molar-refractivity contribution in [1.82, 2.24) is 15.1 Å². The number of phenolic OH excluding ortho intramolecular Hbond substituents is 1. The molecule has 1 heterocycles. The van der Waals surface area contributed by atoms with Crippen LogP contribution in [0.2, 0.25) is 0 Å². The van der Waals surface area contributed by atoms with E-state index in [9.17, 15) is 9.90 Å². The maximum Gasteiger partial charge on any atom is 0.318 e. The Labute approximate surface area is 179 Å². The Morgan fingerprint density at radius 1 is 1.17 bits per heavy atom. The number of likely N-dealkylation sites (N-methyl/N-ethyl adjacent to an activating group) is 1. The maximum atomic E-state index is 13.3. The molecule has 1 fully saturated rings. The Hall–Kier alpha value is -2.57. The molecule has 0 spiro atoms. The fourth-order valence-corrected chi connectivity index (χ4v) is 3.87. The Kier molecular flexibility index (Phi) is 8.11. The molecule has 2 unspecified atom stereocenters. The molecular weight excluding hydrogens is 378 g/mol. The van der Waals surface area contributed by atoms with Crippen molar-refractivity contribution >= 4 is 6.03 Å². The molecule has 0 aliphatic carbocycles. The van der Waals surface area contributed by atoms with Crippen molar-refractivity contribution in [1.29, 1.82) is 0 Å². The quantitative estimate of drug-likeness (QED) is 0.665. The van der Waals surface area contributed by atoms with E-state index in [-0.39, 0.29) is 23.9 Å². The van der Waals surface area contributed by atoms with Crippen LogP contribution in [0.5, 0.6) is 5.75 Å². The number of phenols is 1. The number of urea groups is 1. The van der Waals surface area contributed by atoms with Gasteiger partial charge in [-0.2, -0.15) is 0 Å². The number of carbonyl (C=O) groups excluding carboxylic acids is 1. The molecule has 3 rings (SSSR count). The number of nitrogens with zero attached hydrogens (tertiary/aromatic N) is 2. The van der Waals surface area contributed by atoms with Gasteiger partial charge in [0.15, 0.2) is 0 Å². The zero-order valence-corrected chi connectivity index (χ0v) is 18.0. The number of nitrogens with one attached hydrogen (secondary N) is 1. The van der Waals surface area contributed by atoms with Crippen LogP contribution >= 0.6 is 0 Å². The van der Waals surface area contributed by atoms with Crippen LogP contribution in [0, 0.1) is 0 Å². The third kappa shape index (κ3) is 6.75. The number of carbonyl (C=O) groups is 1. The van der Waals surface area contributed by atoms with Gasteiger partial charge in [-0.3, -0.25) is 0 Å². The van der Waals surface area contributed by atoms with Crippen molar-refractivity contribution in [2.24, 2.45) is 0 Å². The minimum Gasteiger partial charge on any atom is -0.508 e. The topological polar surface area (TPSA) is 65.0 Å². The van der Waals surface area contributed by atoms with E-state index < -0.39 is 0 Å². The molecule has 2 atom stereocenters. The van der Waals surface area contributed by atoms with Gasteiger partial charge in [-0.1, -0.05) is 48.5 Å². The molecule has 0 bridgehead atoms. The van der Waals surface area contributed by atoms with Crippen LogP contribution in [0.1, 0.15) is 24.0 Å². The molecule has 6 nitrogen and oxygen atoms in total. The van der Waals surface area contributed by atoms with E-state index in [1.807, 2.05) is 44.4 Å². The van der Waals surface area contributed by atoms with Crippen molar-refractivity contribution in [3.8, 4) is 5.75 Å². The van der Waals surface area contributed by atoms with Gasteiger partial charge >= 0.3 is 6.03 Å². The van der Waals surface area contributed by atoms with Crippen molar-refractivity contribution in [2.45, 2.75) is 38.0 Å². The van der Waals surface area contributed by atoms with E-state index in [0.29, 0.717) is 13.1 Å². The van der Waals surface area contributed by atoms with Gasteiger partial charge in [0, 0.05) is 31.3 Å². The number of rotatable bonds is 9. The lowest BCUT2D eigenvalue weighted by atomic mass is 10.1. The summed E-state index contributed by atoms with van der Waals surface area (Å²) in [6.07, 6.45) is 2.78. The molecule has 1 aliphatic heterocycles. The maximum absolute atomic E-state index is 13.3. The van der Waals surface area contributed by atoms with Crippen LogP contribution in [0.15, 0.2) is 54.6 Å². The Balaban J connectivity index is 1.72. The smallest absolute Gasteiger partial charge is 0.318 e. The highest BCUT2D eigenvalue weighted by Crippen LogP contribution is 2.20. The molecule has 0 saturated carbocycles. The normalized spacial score (nSPS) is 17.1. The predicted octanol–water partition coefficient (Wildman–Crippen LogP) is 3.26. The minimum absolute atomic E-state index is 0.0220. The van der Waals surface area contributed by atoms with Crippen LogP contribution < -0.4 is 5.32 Å².